The van der Waals surface area contributed by atoms with Crippen LogP contribution in [0.25, 0.3) is 11.0 Å². The quantitative estimate of drug-likeness (QED) is 0.508. The van der Waals surface area contributed by atoms with E-state index in [9.17, 15) is 9.59 Å². The second-order valence-corrected chi connectivity index (χ2v) is 7.89. The van der Waals surface area contributed by atoms with E-state index >= 15 is 0 Å². The van der Waals surface area contributed by atoms with Gasteiger partial charge in [0.2, 0.25) is 0 Å². The molecular weight excluding hydrogens is 362 g/mol. The van der Waals surface area contributed by atoms with E-state index in [-0.39, 0.29) is 11.2 Å². The number of hydrogen-bond acceptors (Lipinski definition) is 6. The molecule has 4 rings (SSSR count). The van der Waals surface area contributed by atoms with E-state index in [1.54, 1.807) is 13.2 Å². The lowest BCUT2D eigenvalue weighted by Crippen LogP contribution is -2.38. The Balaban J connectivity index is 1.88. The first kappa shape index (κ1) is 17.9. The first-order chi connectivity index (χ1) is 13.1. The molecule has 0 N–H and O–H groups in total. The van der Waals surface area contributed by atoms with Crippen molar-refractivity contribution < 1.29 is 0 Å². The molecule has 1 aliphatic rings. The third-order valence-electron chi connectivity index (χ3n) is 5.10. The van der Waals surface area contributed by atoms with Crippen molar-refractivity contribution in [1.82, 2.24) is 24.1 Å². The second kappa shape index (κ2) is 7.26. The summed E-state index contributed by atoms with van der Waals surface area (Å²) in [5, 5.41) is 1.05. The van der Waals surface area contributed by atoms with Crippen LogP contribution < -0.4 is 11.2 Å². The molecule has 0 aromatic carbocycles. The monoisotopic (exact) mass is 383 g/mol. The molecule has 1 aliphatic carbocycles. The van der Waals surface area contributed by atoms with Gasteiger partial charge in [0, 0.05) is 38.2 Å². The van der Waals surface area contributed by atoms with Gasteiger partial charge in [-0.25, -0.2) is 14.8 Å². The van der Waals surface area contributed by atoms with Crippen molar-refractivity contribution >= 4 is 22.8 Å². The number of thioether (sulfide) groups is 1. The van der Waals surface area contributed by atoms with E-state index in [1.807, 2.05) is 18.3 Å². The summed E-state index contributed by atoms with van der Waals surface area (Å²) in [6.45, 7) is 0. The number of aromatic nitrogens is 5. The first-order valence-corrected chi connectivity index (χ1v) is 10.0. The highest BCUT2D eigenvalue weighted by molar-refractivity contribution is 7.98. The average molecular weight is 383 g/mol. The minimum atomic E-state index is -0.369. The van der Waals surface area contributed by atoms with E-state index in [0.717, 1.165) is 28.8 Å². The molecule has 3 heterocycles. The highest BCUT2D eigenvalue weighted by atomic mass is 32.2. The molecule has 0 bridgehead atoms. The summed E-state index contributed by atoms with van der Waals surface area (Å²) in [5.41, 5.74) is 0.763. The highest BCUT2D eigenvalue weighted by Crippen LogP contribution is 2.34. The molecule has 0 atom stereocenters. The molecule has 3 aromatic heterocycles. The zero-order valence-electron chi connectivity index (χ0n) is 15.4. The lowest BCUT2D eigenvalue weighted by Gasteiger charge is -2.14. The fourth-order valence-electron chi connectivity index (χ4n) is 3.55. The molecule has 0 saturated heterocycles. The normalized spacial score (nSPS) is 14.9. The molecule has 7 nitrogen and oxygen atoms in total. The molecule has 0 unspecified atom stereocenters. The van der Waals surface area contributed by atoms with Gasteiger partial charge in [0.1, 0.15) is 16.2 Å². The number of aryl methyl sites for hydroxylation is 1. The Morgan fingerprint density at radius 2 is 1.93 bits per heavy atom. The molecule has 140 valence electrons. The van der Waals surface area contributed by atoms with Crippen molar-refractivity contribution in [3.8, 4) is 0 Å². The summed E-state index contributed by atoms with van der Waals surface area (Å²) in [6, 6.07) is 3.88. The van der Waals surface area contributed by atoms with Gasteiger partial charge in [-0.15, -0.1) is 11.8 Å². The van der Waals surface area contributed by atoms with Crippen LogP contribution in [-0.4, -0.2) is 24.1 Å². The van der Waals surface area contributed by atoms with Crippen molar-refractivity contribution in [2.75, 3.05) is 0 Å². The fraction of sp³-hybridized carbons (Fsp3) is 0.421. The van der Waals surface area contributed by atoms with Gasteiger partial charge >= 0.3 is 5.69 Å². The van der Waals surface area contributed by atoms with Gasteiger partial charge in [0.05, 0.1) is 0 Å². The molecular formula is C19H21N5O2S. The van der Waals surface area contributed by atoms with Crippen LogP contribution >= 0.6 is 11.8 Å². The van der Waals surface area contributed by atoms with Crippen LogP contribution in [0.15, 0.2) is 39.1 Å². The zero-order chi connectivity index (χ0) is 19.0. The topological polar surface area (TPSA) is 82.7 Å². The maximum Gasteiger partial charge on any atom is 0.332 e. The van der Waals surface area contributed by atoms with Crippen molar-refractivity contribution in [2.24, 2.45) is 14.1 Å². The maximum absolute atomic E-state index is 12.8. The summed E-state index contributed by atoms with van der Waals surface area (Å²) < 4.78 is 2.57. The van der Waals surface area contributed by atoms with Crippen LogP contribution in [0.2, 0.25) is 0 Å². The first-order valence-electron chi connectivity index (χ1n) is 9.05. The maximum atomic E-state index is 12.8. The lowest BCUT2D eigenvalue weighted by molar-refractivity contribution is 0.648. The summed E-state index contributed by atoms with van der Waals surface area (Å²) in [7, 11) is 3.15. The predicted molar refractivity (Wildman–Crippen MR) is 105 cm³/mol. The Morgan fingerprint density at radius 1 is 1.15 bits per heavy atom. The molecule has 1 saturated carbocycles. The van der Waals surface area contributed by atoms with Crippen molar-refractivity contribution in [3.63, 3.8) is 0 Å². The fourth-order valence-corrected chi connectivity index (χ4v) is 4.51. The van der Waals surface area contributed by atoms with Gasteiger partial charge in [-0.1, -0.05) is 18.9 Å². The van der Waals surface area contributed by atoms with Crippen LogP contribution in [0.4, 0.5) is 0 Å². The van der Waals surface area contributed by atoms with Gasteiger partial charge in [-0.05, 0) is 24.5 Å². The molecule has 1 fully saturated rings. The Morgan fingerprint density at radius 3 is 2.63 bits per heavy atom. The van der Waals surface area contributed by atoms with E-state index in [2.05, 4.69) is 9.97 Å². The van der Waals surface area contributed by atoms with E-state index < -0.39 is 0 Å². The van der Waals surface area contributed by atoms with Crippen LogP contribution in [0.3, 0.4) is 0 Å². The summed E-state index contributed by atoms with van der Waals surface area (Å²) in [4.78, 5) is 38.7. The molecule has 0 radical (unpaired) electrons. The predicted octanol–water partition coefficient (Wildman–Crippen LogP) is 2.37. The van der Waals surface area contributed by atoms with E-state index in [0.29, 0.717) is 27.7 Å². The van der Waals surface area contributed by atoms with Gasteiger partial charge in [-0.2, -0.15) is 0 Å². The molecule has 0 spiro atoms. The number of rotatable bonds is 4. The largest absolute Gasteiger partial charge is 0.332 e. The highest BCUT2D eigenvalue weighted by Gasteiger charge is 2.24. The Hall–Kier alpha value is -2.48. The number of hydrogen-bond donors (Lipinski definition) is 0. The van der Waals surface area contributed by atoms with Gasteiger partial charge in [0.25, 0.3) is 5.56 Å². The Bertz CT molecular complexity index is 1100. The van der Waals surface area contributed by atoms with Crippen molar-refractivity contribution in [1.29, 1.82) is 0 Å². The van der Waals surface area contributed by atoms with Crippen LogP contribution in [0.1, 0.15) is 43.0 Å². The van der Waals surface area contributed by atoms with Crippen LogP contribution in [0.5, 0.6) is 0 Å². The van der Waals surface area contributed by atoms with Crippen LogP contribution in [0, 0.1) is 0 Å². The van der Waals surface area contributed by atoms with E-state index in [4.69, 9.17) is 4.98 Å². The van der Waals surface area contributed by atoms with Gasteiger partial charge in [0.15, 0.2) is 5.65 Å². The van der Waals surface area contributed by atoms with Crippen molar-refractivity contribution in [3.05, 3.63) is 56.8 Å². The van der Waals surface area contributed by atoms with Gasteiger partial charge in [-0.3, -0.25) is 18.9 Å². The van der Waals surface area contributed by atoms with E-state index in [1.165, 1.54) is 36.2 Å². The summed E-state index contributed by atoms with van der Waals surface area (Å²) >= 11 is 1.49. The molecule has 3 aromatic rings. The SMILES string of the molecule is Cn1c(=O)c2c(SCc3cccnc3)nc(C3CCCC3)nc2n(C)c1=O. The van der Waals surface area contributed by atoms with Crippen molar-refractivity contribution in [2.45, 2.75) is 42.4 Å². The lowest BCUT2D eigenvalue weighted by atomic mass is 10.1. The zero-order valence-corrected chi connectivity index (χ0v) is 16.2. The molecule has 8 heteroatoms. The van der Waals surface area contributed by atoms with Crippen LogP contribution in [-0.2, 0) is 19.8 Å². The molecule has 27 heavy (non-hydrogen) atoms. The minimum absolute atomic E-state index is 0.298. The molecule has 0 aliphatic heterocycles. The average Bonchev–Trinajstić information content (AvgIpc) is 3.24. The number of nitrogens with zero attached hydrogens (tertiary/aromatic N) is 5. The second-order valence-electron chi connectivity index (χ2n) is 6.92. The summed E-state index contributed by atoms with van der Waals surface area (Å²) in [6.07, 6.45) is 7.98. The Labute approximate surface area is 160 Å². The standard InChI is InChI=1S/C19H21N5O2S/c1-23-16-14(18(25)24(2)19(23)26)17(27-11-12-6-5-9-20-10-12)22-15(21-16)13-7-3-4-8-13/h5-6,9-10,13H,3-4,7-8,11H2,1-2H3. The number of fused-ring (bicyclic) bond motifs is 1. The number of pyridine rings is 1. The third kappa shape index (κ3) is 3.29. The minimum Gasteiger partial charge on any atom is -0.280 e. The third-order valence-corrected chi connectivity index (χ3v) is 6.15. The Kier molecular flexibility index (Phi) is 4.82. The molecule has 0 amide bonds. The smallest absolute Gasteiger partial charge is 0.280 e. The summed E-state index contributed by atoms with van der Waals surface area (Å²) in [5.74, 6) is 1.69. The van der Waals surface area contributed by atoms with Gasteiger partial charge < -0.3 is 0 Å².